The zero-order chi connectivity index (χ0) is 11.3. The first-order chi connectivity index (χ1) is 7.01. The largest absolute Gasteiger partial charge is 0.361 e. The van der Waals surface area contributed by atoms with Gasteiger partial charge < -0.3 is 14.6 Å². The average molecular weight is 210 g/mol. The summed E-state index contributed by atoms with van der Waals surface area (Å²) < 4.78 is 7.38. The van der Waals surface area contributed by atoms with E-state index in [1.165, 1.54) is 5.56 Å². The van der Waals surface area contributed by atoms with E-state index in [9.17, 15) is 0 Å². The molecule has 0 amide bonds. The highest BCUT2D eigenvalue weighted by atomic mass is 16.5. The molecule has 0 saturated carbocycles. The molecule has 15 heavy (non-hydrogen) atoms. The van der Waals surface area contributed by atoms with Crippen molar-refractivity contribution < 1.29 is 4.74 Å². The van der Waals surface area contributed by atoms with Crippen molar-refractivity contribution in [3.8, 4) is 0 Å². The second kappa shape index (κ2) is 5.33. The minimum atomic E-state index is 0.169. The third-order valence-corrected chi connectivity index (χ3v) is 2.08. The fourth-order valence-corrected chi connectivity index (χ4v) is 1.24. The molecule has 3 heteroatoms. The average Bonchev–Trinajstić information content (AvgIpc) is 2.58. The van der Waals surface area contributed by atoms with E-state index < -0.39 is 0 Å². The van der Waals surface area contributed by atoms with Gasteiger partial charge in [-0.25, -0.2) is 0 Å². The van der Waals surface area contributed by atoms with Crippen molar-refractivity contribution in [2.45, 2.75) is 46.5 Å². The van der Waals surface area contributed by atoms with Crippen molar-refractivity contribution >= 4 is 0 Å². The molecule has 0 radical (unpaired) electrons. The third kappa shape index (κ3) is 5.00. The molecule has 0 spiro atoms. The van der Waals surface area contributed by atoms with E-state index in [1.807, 2.05) is 6.92 Å². The lowest BCUT2D eigenvalue weighted by atomic mass is 10.1. The zero-order valence-corrected chi connectivity index (χ0v) is 10.2. The van der Waals surface area contributed by atoms with Gasteiger partial charge in [-0.2, -0.15) is 0 Å². The Bertz CT molecular complexity index is 286. The van der Waals surface area contributed by atoms with Crippen LogP contribution in [0.15, 0.2) is 18.5 Å². The molecule has 1 N–H and O–H groups in total. The lowest BCUT2D eigenvalue weighted by molar-refractivity contribution is 0.0880. The highest BCUT2D eigenvalue weighted by Gasteiger charge is 2.08. The second-order valence-corrected chi connectivity index (χ2v) is 4.76. The first kappa shape index (κ1) is 12.3. The standard InChI is InChI=1S/C12H22N2O/c1-5-15-10-14-7-6-11(9-14)8-13-12(2,3)4/h6-7,9,13H,5,8,10H2,1-4H3. The predicted molar refractivity (Wildman–Crippen MR) is 62.7 cm³/mol. The summed E-state index contributed by atoms with van der Waals surface area (Å²) in [6, 6.07) is 2.12. The second-order valence-electron chi connectivity index (χ2n) is 4.76. The molecule has 0 atom stereocenters. The number of nitrogens with one attached hydrogen (secondary N) is 1. The number of aromatic nitrogens is 1. The van der Waals surface area contributed by atoms with Gasteiger partial charge in [-0.05, 0) is 39.3 Å². The Hall–Kier alpha value is -0.800. The summed E-state index contributed by atoms with van der Waals surface area (Å²) in [6.45, 7) is 10.8. The van der Waals surface area contributed by atoms with E-state index in [4.69, 9.17) is 4.74 Å². The Morgan fingerprint density at radius 1 is 1.40 bits per heavy atom. The van der Waals surface area contributed by atoms with Crippen LogP contribution in [0.2, 0.25) is 0 Å². The fourth-order valence-electron chi connectivity index (χ4n) is 1.24. The summed E-state index contributed by atoms with van der Waals surface area (Å²) in [7, 11) is 0. The monoisotopic (exact) mass is 210 g/mol. The molecule has 0 bridgehead atoms. The molecule has 3 nitrogen and oxygen atoms in total. The molecule has 1 aromatic heterocycles. The number of hydrogen-bond donors (Lipinski definition) is 1. The quantitative estimate of drug-likeness (QED) is 0.807. The van der Waals surface area contributed by atoms with Crippen molar-refractivity contribution in [2.75, 3.05) is 6.61 Å². The molecule has 1 rings (SSSR count). The molecule has 86 valence electrons. The lowest BCUT2D eigenvalue weighted by Crippen LogP contribution is -2.34. The van der Waals surface area contributed by atoms with E-state index in [0.29, 0.717) is 6.73 Å². The van der Waals surface area contributed by atoms with Gasteiger partial charge in [0, 0.05) is 31.1 Å². The van der Waals surface area contributed by atoms with Crippen LogP contribution in [-0.2, 0) is 18.0 Å². The number of ether oxygens (including phenoxy) is 1. The smallest absolute Gasteiger partial charge is 0.122 e. The SMILES string of the molecule is CCOCn1ccc(CNC(C)(C)C)c1. The predicted octanol–water partition coefficient (Wildman–Crippen LogP) is 2.37. The molecule has 0 fully saturated rings. The van der Waals surface area contributed by atoms with Crippen molar-refractivity contribution in [3.05, 3.63) is 24.0 Å². The van der Waals surface area contributed by atoms with Gasteiger partial charge in [-0.3, -0.25) is 0 Å². The minimum Gasteiger partial charge on any atom is -0.361 e. The summed E-state index contributed by atoms with van der Waals surface area (Å²) in [6.07, 6.45) is 4.17. The van der Waals surface area contributed by atoms with Gasteiger partial charge in [0.15, 0.2) is 0 Å². The van der Waals surface area contributed by atoms with Crippen molar-refractivity contribution in [1.29, 1.82) is 0 Å². The maximum absolute atomic E-state index is 5.32. The Balaban J connectivity index is 2.39. The van der Waals surface area contributed by atoms with Crippen LogP contribution in [0.1, 0.15) is 33.3 Å². The van der Waals surface area contributed by atoms with Gasteiger partial charge in [0.2, 0.25) is 0 Å². The van der Waals surface area contributed by atoms with Gasteiger partial charge >= 0.3 is 0 Å². The van der Waals surface area contributed by atoms with Crippen molar-refractivity contribution in [2.24, 2.45) is 0 Å². The van der Waals surface area contributed by atoms with Gasteiger partial charge in [0.1, 0.15) is 6.73 Å². The fraction of sp³-hybridized carbons (Fsp3) is 0.667. The molecular formula is C12H22N2O. The minimum absolute atomic E-state index is 0.169. The molecule has 0 saturated heterocycles. The van der Waals surface area contributed by atoms with Crippen LogP contribution in [0, 0.1) is 0 Å². The summed E-state index contributed by atoms with van der Waals surface area (Å²) in [5.74, 6) is 0. The molecule has 1 heterocycles. The van der Waals surface area contributed by atoms with Crippen LogP contribution < -0.4 is 5.32 Å². The molecule has 0 aromatic carbocycles. The van der Waals surface area contributed by atoms with E-state index in [1.54, 1.807) is 0 Å². The van der Waals surface area contributed by atoms with Crippen LogP contribution >= 0.6 is 0 Å². The van der Waals surface area contributed by atoms with Gasteiger partial charge in [-0.15, -0.1) is 0 Å². The van der Waals surface area contributed by atoms with Crippen LogP contribution in [0.5, 0.6) is 0 Å². The molecule has 0 aliphatic rings. The first-order valence-corrected chi connectivity index (χ1v) is 5.48. The Morgan fingerprint density at radius 3 is 2.73 bits per heavy atom. The van der Waals surface area contributed by atoms with Crippen LogP contribution in [0.4, 0.5) is 0 Å². The van der Waals surface area contributed by atoms with E-state index in [2.05, 4.69) is 49.1 Å². The Morgan fingerprint density at radius 2 is 2.13 bits per heavy atom. The number of nitrogens with zero attached hydrogens (tertiary/aromatic N) is 1. The normalized spacial score (nSPS) is 12.0. The highest BCUT2D eigenvalue weighted by Crippen LogP contribution is 2.05. The molecule has 0 unspecified atom stereocenters. The highest BCUT2D eigenvalue weighted by molar-refractivity contribution is 5.10. The summed E-state index contributed by atoms with van der Waals surface area (Å²) in [4.78, 5) is 0. The third-order valence-electron chi connectivity index (χ3n) is 2.08. The van der Waals surface area contributed by atoms with E-state index >= 15 is 0 Å². The molecule has 1 aromatic rings. The summed E-state index contributed by atoms with van der Waals surface area (Å²) in [5.41, 5.74) is 1.46. The topological polar surface area (TPSA) is 26.2 Å². The van der Waals surface area contributed by atoms with E-state index in [0.717, 1.165) is 13.2 Å². The van der Waals surface area contributed by atoms with Crippen molar-refractivity contribution in [1.82, 2.24) is 9.88 Å². The maximum Gasteiger partial charge on any atom is 0.122 e. The van der Waals surface area contributed by atoms with Crippen LogP contribution in [0.3, 0.4) is 0 Å². The molecule has 0 aliphatic carbocycles. The maximum atomic E-state index is 5.32. The number of rotatable bonds is 5. The summed E-state index contributed by atoms with van der Waals surface area (Å²) in [5, 5.41) is 3.45. The lowest BCUT2D eigenvalue weighted by Gasteiger charge is -2.19. The summed E-state index contributed by atoms with van der Waals surface area (Å²) >= 11 is 0. The number of hydrogen-bond acceptors (Lipinski definition) is 2. The zero-order valence-electron chi connectivity index (χ0n) is 10.2. The molecule has 0 aliphatic heterocycles. The van der Waals surface area contributed by atoms with Gasteiger partial charge in [-0.1, -0.05) is 0 Å². The van der Waals surface area contributed by atoms with Crippen molar-refractivity contribution in [3.63, 3.8) is 0 Å². The Labute approximate surface area is 92.4 Å². The van der Waals surface area contributed by atoms with Crippen LogP contribution in [0.25, 0.3) is 0 Å². The molecular weight excluding hydrogens is 188 g/mol. The van der Waals surface area contributed by atoms with Crippen LogP contribution in [-0.4, -0.2) is 16.7 Å². The van der Waals surface area contributed by atoms with E-state index in [-0.39, 0.29) is 5.54 Å². The first-order valence-electron chi connectivity index (χ1n) is 5.48. The van der Waals surface area contributed by atoms with Gasteiger partial charge in [0.05, 0.1) is 0 Å². The van der Waals surface area contributed by atoms with Gasteiger partial charge in [0.25, 0.3) is 0 Å². The Kier molecular flexibility index (Phi) is 4.36.